The Hall–Kier alpha value is -2.89. The summed E-state index contributed by atoms with van der Waals surface area (Å²) in [7, 11) is 0. The normalized spacial score (nSPS) is 12.4. The fraction of sp³-hybridized carbons (Fsp3) is 0.150. The second-order valence-corrected chi connectivity index (χ2v) is 5.93. The second kappa shape index (κ2) is 7.15. The highest BCUT2D eigenvalue weighted by Gasteiger charge is 2.29. The van der Waals surface area contributed by atoms with Crippen molar-refractivity contribution >= 4 is 11.9 Å². The van der Waals surface area contributed by atoms with Gasteiger partial charge in [0.05, 0.1) is 12.1 Å². The van der Waals surface area contributed by atoms with Gasteiger partial charge in [0.1, 0.15) is 5.69 Å². The summed E-state index contributed by atoms with van der Waals surface area (Å²) < 4.78 is 53.8. The Bertz CT molecular complexity index is 907. The summed E-state index contributed by atoms with van der Waals surface area (Å²) in [5.74, 6) is -0.598. The highest BCUT2D eigenvalue weighted by Crippen LogP contribution is 2.29. The molecule has 0 spiro atoms. The molecule has 0 aliphatic rings. The van der Waals surface area contributed by atoms with Crippen molar-refractivity contribution in [3.8, 4) is 0 Å². The second-order valence-electron chi connectivity index (χ2n) is 5.93. The Morgan fingerprint density at radius 3 is 2.31 bits per heavy atom. The Morgan fingerprint density at radius 2 is 1.69 bits per heavy atom. The molecule has 0 atom stereocenters. The van der Waals surface area contributed by atoms with Gasteiger partial charge in [0, 0.05) is 5.69 Å². The molecule has 3 rings (SSSR count). The number of rotatable bonds is 4. The van der Waals surface area contributed by atoms with E-state index in [4.69, 9.17) is 0 Å². The predicted octanol–water partition coefficient (Wildman–Crippen LogP) is 5.73. The smallest absolute Gasteiger partial charge is 0.265 e. The van der Waals surface area contributed by atoms with Crippen molar-refractivity contribution in [1.29, 1.82) is 0 Å². The van der Waals surface area contributed by atoms with Gasteiger partial charge in [-0.3, -0.25) is 4.68 Å². The third-order valence-corrected chi connectivity index (χ3v) is 3.93. The third kappa shape index (κ3) is 4.20. The van der Waals surface area contributed by atoms with Gasteiger partial charge >= 0.3 is 6.18 Å². The number of aryl methyl sites for hydroxylation is 1. The third-order valence-electron chi connectivity index (χ3n) is 3.93. The minimum absolute atomic E-state index is 0.151. The predicted molar refractivity (Wildman–Crippen MR) is 92.9 cm³/mol. The first-order valence-corrected chi connectivity index (χ1v) is 7.96. The Kier molecular flexibility index (Phi) is 4.93. The molecule has 2 aromatic carbocycles. The molecule has 0 bridgehead atoms. The first-order valence-electron chi connectivity index (χ1n) is 7.96. The molecule has 0 saturated carbocycles. The SMILES string of the molecule is Cc1cc(C(F)=Cc2ccc(C(F)(F)F)cc2)nn1Cc1ccccc1. The van der Waals surface area contributed by atoms with Crippen LogP contribution in [0.15, 0.2) is 60.7 Å². The molecule has 0 fully saturated rings. The van der Waals surface area contributed by atoms with E-state index in [0.717, 1.165) is 23.4 Å². The molecule has 0 unspecified atom stereocenters. The highest BCUT2D eigenvalue weighted by atomic mass is 19.4. The number of nitrogens with zero attached hydrogens (tertiary/aromatic N) is 2. The molecule has 134 valence electrons. The van der Waals surface area contributed by atoms with Gasteiger partial charge in [-0.25, -0.2) is 4.39 Å². The van der Waals surface area contributed by atoms with Gasteiger partial charge in [-0.2, -0.15) is 18.3 Å². The average molecular weight is 360 g/mol. The molecule has 0 saturated heterocycles. The Morgan fingerprint density at radius 1 is 1.04 bits per heavy atom. The van der Waals surface area contributed by atoms with Crippen molar-refractivity contribution in [1.82, 2.24) is 9.78 Å². The van der Waals surface area contributed by atoms with Crippen LogP contribution in [0.3, 0.4) is 0 Å². The van der Waals surface area contributed by atoms with E-state index in [1.54, 1.807) is 10.7 Å². The zero-order chi connectivity index (χ0) is 18.7. The maximum Gasteiger partial charge on any atom is 0.416 e. The zero-order valence-corrected chi connectivity index (χ0v) is 14.0. The van der Waals surface area contributed by atoms with Crippen LogP contribution < -0.4 is 0 Å². The molecule has 3 aromatic rings. The number of hydrogen-bond acceptors (Lipinski definition) is 1. The molecular formula is C20H16F4N2. The van der Waals surface area contributed by atoms with Crippen LogP contribution >= 0.6 is 0 Å². The van der Waals surface area contributed by atoms with Crippen LogP contribution in [0.25, 0.3) is 11.9 Å². The van der Waals surface area contributed by atoms with Gasteiger partial charge in [0.15, 0.2) is 5.83 Å². The Balaban J connectivity index is 1.80. The van der Waals surface area contributed by atoms with Gasteiger partial charge in [0.25, 0.3) is 0 Å². The van der Waals surface area contributed by atoms with Gasteiger partial charge in [0.2, 0.25) is 0 Å². The van der Waals surface area contributed by atoms with Gasteiger partial charge in [-0.1, -0.05) is 42.5 Å². The summed E-state index contributed by atoms with van der Waals surface area (Å²) in [4.78, 5) is 0. The van der Waals surface area contributed by atoms with Crippen LogP contribution in [0.2, 0.25) is 0 Å². The zero-order valence-electron chi connectivity index (χ0n) is 14.0. The van der Waals surface area contributed by atoms with E-state index in [-0.39, 0.29) is 5.69 Å². The quantitative estimate of drug-likeness (QED) is 0.544. The monoisotopic (exact) mass is 360 g/mol. The van der Waals surface area contributed by atoms with Crippen LogP contribution in [-0.4, -0.2) is 9.78 Å². The minimum Gasteiger partial charge on any atom is -0.265 e. The van der Waals surface area contributed by atoms with Crippen molar-refractivity contribution < 1.29 is 17.6 Å². The van der Waals surface area contributed by atoms with E-state index in [9.17, 15) is 17.6 Å². The maximum atomic E-state index is 14.5. The highest BCUT2D eigenvalue weighted by molar-refractivity contribution is 5.75. The fourth-order valence-corrected chi connectivity index (χ4v) is 2.53. The van der Waals surface area contributed by atoms with E-state index in [1.807, 2.05) is 37.3 Å². The molecular weight excluding hydrogens is 344 g/mol. The standard InChI is InChI=1S/C20H16F4N2/c1-14-11-19(25-26(14)13-16-5-3-2-4-6-16)18(21)12-15-7-9-17(10-8-15)20(22,23)24/h2-12H,13H2,1H3. The van der Waals surface area contributed by atoms with Crippen molar-refractivity contribution in [3.05, 3.63) is 88.7 Å². The molecule has 0 N–H and O–H groups in total. The molecule has 6 heteroatoms. The summed E-state index contributed by atoms with van der Waals surface area (Å²) in [5.41, 5.74) is 1.55. The van der Waals surface area contributed by atoms with E-state index in [1.165, 1.54) is 18.2 Å². The van der Waals surface area contributed by atoms with Crippen LogP contribution in [0.5, 0.6) is 0 Å². The largest absolute Gasteiger partial charge is 0.416 e. The van der Waals surface area contributed by atoms with Crippen LogP contribution in [0.1, 0.15) is 28.1 Å². The number of hydrogen-bond donors (Lipinski definition) is 0. The van der Waals surface area contributed by atoms with Crippen LogP contribution in [0, 0.1) is 6.92 Å². The van der Waals surface area contributed by atoms with Crippen LogP contribution in [0.4, 0.5) is 17.6 Å². The molecule has 2 nitrogen and oxygen atoms in total. The molecule has 1 heterocycles. The van der Waals surface area contributed by atoms with E-state index in [2.05, 4.69) is 5.10 Å². The minimum atomic E-state index is -4.41. The number of aromatic nitrogens is 2. The lowest BCUT2D eigenvalue weighted by Crippen LogP contribution is -2.04. The molecule has 0 amide bonds. The first kappa shape index (κ1) is 17.9. The van der Waals surface area contributed by atoms with E-state index in [0.29, 0.717) is 12.1 Å². The van der Waals surface area contributed by atoms with E-state index >= 15 is 0 Å². The topological polar surface area (TPSA) is 17.8 Å². The molecule has 26 heavy (non-hydrogen) atoms. The maximum absolute atomic E-state index is 14.5. The number of benzene rings is 2. The van der Waals surface area contributed by atoms with Crippen LogP contribution in [-0.2, 0) is 12.7 Å². The number of alkyl halides is 3. The first-order chi connectivity index (χ1) is 12.3. The van der Waals surface area contributed by atoms with Crippen molar-refractivity contribution in [2.75, 3.05) is 0 Å². The van der Waals surface area contributed by atoms with Gasteiger partial charge < -0.3 is 0 Å². The summed E-state index contributed by atoms with van der Waals surface area (Å²) in [6.07, 6.45) is -3.23. The summed E-state index contributed by atoms with van der Waals surface area (Å²) in [6.45, 7) is 2.34. The van der Waals surface area contributed by atoms with Gasteiger partial charge in [-0.15, -0.1) is 0 Å². The lowest BCUT2D eigenvalue weighted by molar-refractivity contribution is -0.137. The lowest BCUT2D eigenvalue weighted by atomic mass is 10.1. The molecule has 0 aliphatic carbocycles. The van der Waals surface area contributed by atoms with Crippen molar-refractivity contribution in [2.24, 2.45) is 0 Å². The fourth-order valence-electron chi connectivity index (χ4n) is 2.53. The van der Waals surface area contributed by atoms with Crippen molar-refractivity contribution in [2.45, 2.75) is 19.6 Å². The average Bonchev–Trinajstić information content (AvgIpc) is 2.96. The molecule has 1 aromatic heterocycles. The summed E-state index contributed by atoms with van der Waals surface area (Å²) in [5, 5.41) is 4.25. The lowest BCUT2D eigenvalue weighted by Gasteiger charge is -2.06. The Labute approximate surface area is 148 Å². The van der Waals surface area contributed by atoms with Gasteiger partial charge in [-0.05, 0) is 42.3 Å². The van der Waals surface area contributed by atoms with E-state index < -0.39 is 17.6 Å². The molecule has 0 radical (unpaired) electrons. The summed E-state index contributed by atoms with van der Waals surface area (Å²) >= 11 is 0. The molecule has 0 aliphatic heterocycles. The summed E-state index contributed by atoms with van der Waals surface area (Å²) in [6, 6.07) is 15.6. The number of halogens is 4. The van der Waals surface area contributed by atoms with Crippen molar-refractivity contribution in [3.63, 3.8) is 0 Å².